The summed E-state index contributed by atoms with van der Waals surface area (Å²) in [5, 5.41) is 0. The van der Waals surface area contributed by atoms with Crippen molar-refractivity contribution in [2.45, 2.75) is 32.2 Å². The van der Waals surface area contributed by atoms with Gasteiger partial charge in [0.15, 0.2) is 0 Å². The van der Waals surface area contributed by atoms with E-state index in [1.54, 1.807) is 0 Å². The quantitative estimate of drug-likeness (QED) is 0.761. The maximum Gasteiger partial charge on any atom is 0.0470 e. The predicted octanol–water partition coefficient (Wildman–Crippen LogP) is 0.997. The van der Waals surface area contributed by atoms with Crippen molar-refractivity contribution in [3.8, 4) is 0 Å². The fraction of sp³-hybridized carbons (Fsp3) is 1.00. The Labute approximate surface area is 100.0 Å². The van der Waals surface area contributed by atoms with Crippen LogP contribution in [0.3, 0.4) is 0 Å². The van der Waals surface area contributed by atoms with Gasteiger partial charge in [-0.3, -0.25) is 4.90 Å². The highest BCUT2D eigenvalue weighted by molar-refractivity contribution is 5.01. The van der Waals surface area contributed by atoms with Gasteiger partial charge in [0.1, 0.15) is 0 Å². The Kier molecular flexibility index (Phi) is 3.57. The van der Waals surface area contributed by atoms with E-state index < -0.39 is 0 Å². The summed E-state index contributed by atoms with van der Waals surface area (Å²) in [7, 11) is 2.22. The van der Waals surface area contributed by atoms with Crippen LogP contribution in [0, 0.1) is 11.8 Å². The molecule has 94 valence electrons. The molecular formula is C13H27N3. The molecule has 0 radical (unpaired) electrons. The van der Waals surface area contributed by atoms with Gasteiger partial charge in [-0.2, -0.15) is 0 Å². The van der Waals surface area contributed by atoms with Gasteiger partial charge in [-0.25, -0.2) is 0 Å². The molecule has 2 saturated heterocycles. The molecule has 2 aliphatic heterocycles. The van der Waals surface area contributed by atoms with Gasteiger partial charge in [-0.15, -0.1) is 0 Å². The van der Waals surface area contributed by atoms with Crippen molar-refractivity contribution in [2.75, 3.05) is 39.8 Å². The molecule has 3 unspecified atom stereocenters. The van der Waals surface area contributed by atoms with Gasteiger partial charge in [0.05, 0.1) is 0 Å². The van der Waals surface area contributed by atoms with Crippen LogP contribution in [0.25, 0.3) is 0 Å². The van der Waals surface area contributed by atoms with E-state index in [4.69, 9.17) is 5.73 Å². The van der Waals surface area contributed by atoms with Crippen LogP contribution in [0.15, 0.2) is 0 Å². The molecule has 0 aromatic rings. The van der Waals surface area contributed by atoms with E-state index in [0.29, 0.717) is 0 Å². The molecule has 3 nitrogen and oxygen atoms in total. The van der Waals surface area contributed by atoms with Gasteiger partial charge in [0.2, 0.25) is 0 Å². The average molecular weight is 225 g/mol. The summed E-state index contributed by atoms with van der Waals surface area (Å²) in [6.07, 6.45) is 2.63. The smallest absolute Gasteiger partial charge is 0.0470 e. The molecule has 0 saturated carbocycles. The molecule has 2 heterocycles. The highest BCUT2D eigenvalue weighted by atomic mass is 15.3. The van der Waals surface area contributed by atoms with Crippen molar-refractivity contribution in [3.05, 3.63) is 0 Å². The molecule has 3 heteroatoms. The minimum Gasteiger partial charge on any atom is -0.329 e. The molecule has 2 N–H and O–H groups in total. The standard InChI is InChI=1S/C13H27N3/c1-11-6-12(2)8-16(7-11)13(9-14)4-5-15(3)10-13/h11-12H,4-10,14H2,1-3H3. The minimum absolute atomic E-state index is 0.275. The highest BCUT2D eigenvalue weighted by Crippen LogP contribution is 2.32. The first-order valence-electron chi connectivity index (χ1n) is 6.69. The fourth-order valence-corrected chi connectivity index (χ4v) is 3.66. The Balaban J connectivity index is 2.09. The fourth-order valence-electron chi connectivity index (χ4n) is 3.66. The summed E-state index contributed by atoms with van der Waals surface area (Å²) in [6, 6.07) is 0. The number of likely N-dealkylation sites (N-methyl/N-ethyl adjacent to an activating group) is 1. The summed E-state index contributed by atoms with van der Waals surface area (Å²) >= 11 is 0. The van der Waals surface area contributed by atoms with E-state index in [0.717, 1.165) is 24.9 Å². The van der Waals surface area contributed by atoms with Crippen LogP contribution >= 0.6 is 0 Å². The third kappa shape index (κ3) is 2.27. The van der Waals surface area contributed by atoms with Crippen molar-refractivity contribution in [2.24, 2.45) is 17.6 Å². The van der Waals surface area contributed by atoms with Gasteiger partial charge in [0.25, 0.3) is 0 Å². The monoisotopic (exact) mass is 225 g/mol. The molecule has 16 heavy (non-hydrogen) atoms. The largest absolute Gasteiger partial charge is 0.329 e. The predicted molar refractivity (Wildman–Crippen MR) is 68.4 cm³/mol. The number of nitrogens with two attached hydrogens (primary N) is 1. The summed E-state index contributed by atoms with van der Waals surface area (Å²) < 4.78 is 0. The zero-order valence-corrected chi connectivity index (χ0v) is 11.1. The minimum atomic E-state index is 0.275. The van der Waals surface area contributed by atoms with E-state index in [1.807, 2.05) is 0 Å². The summed E-state index contributed by atoms with van der Waals surface area (Å²) in [6.45, 7) is 10.4. The second-order valence-electron chi connectivity index (χ2n) is 6.27. The van der Waals surface area contributed by atoms with Crippen LogP contribution in [0.4, 0.5) is 0 Å². The maximum absolute atomic E-state index is 6.08. The van der Waals surface area contributed by atoms with E-state index in [1.165, 1.54) is 32.5 Å². The lowest BCUT2D eigenvalue weighted by molar-refractivity contribution is 0.0352. The van der Waals surface area contributed by atoms with E-state index in [2.05, 4.69) is 30.7 Å². The van der Waals surface area contributed by atoms with Gasteiger partial charge >= 0.3 is 0 Å². The van der Waals surface area contributed by atoms with Crippen LogP contribution < -0.4 is 5.73 Å². The van der Waals surface area contributed by atoms with Crippen LogP contribution in [-0.4, -0.2) is 55.1 Å². The normalized spacial score (nSPS) is 42.8. The summed E-state index contributed by atoms with van der Waals surface area (Å²) in [5.41, 5.74) is 6.36. The van der Waals surface area contributed by atoms with Crippen LogP contribution in [-0.2, 0) is 0 Å². The number of nitrogens with zero attached hydrogens (tertiary/aromatic N) is 2. The second kappa shape index (κ2) is 4.63. The van der Waals surface area contributed by atoms with E-state index in [-0.39, 0.29) is 5.54 Å². The molecule has 0 aromatic carbocycles. The Morgan fingerprint density at radius 2 is 1.88 bits per heavy atom. The Morgan fingerprint density at radius 1 is 1.25 bits per heavy atom. The molecule has 0 aromatic heterocycles. The summed E-state index contributed by atoms with van der Waals surface area (Å²) in [5.74, 6) is 1.66. The molecule has 3 atom stereocenters. The molecule has 0 spiro atoms. The Hall–Kier alpha value is -0.120. The van der Waals surface area contributed by atoms with Crippen molar-refractivity contribution in [1.29, 1.82) is 0 Å². The molecule has 0 amide bonds. The second-order valence-corrected chi connectivity index (χ2v) is 6.27. The average Bonchev–Trinajstić information content (AvgIpc) is 2.60. The van der Waals surface area contributed by atoms with Crippen molar-refractivity contribution in [1.82, 2.24) is 9.80 Å². The first-order chi connectivity index (χ1) is 7.55. The SMILES string of the molecule is CC1CC(C)CN(C2(CN)CCN(C)C2)C1. The van der Waals surface area contributed by atoms with Gasteiger partial charge in [-0.1, -0.05) is 13.8 Å². The third-order valence-corrected chi connectivity index (χ3v) is 4.44. The van der Waals surface area contributed by atoms with Crippen molar-refractivity contribution >= 4 is 0 Å². The molecule has 2 aliphatic rings. The van der Waals surface area contributed by atoms with Crippen LogP contribution in [0.2, 0.25) is 0 Å². The molecule has 2 fully saturated rings. The third-order valence-electron chi connectivity index (χ3n) is 4.44. The van der Waals surface area contributed by atoms with Gasteiger partial charge in [-0.05, 0) is 38.3 Å². The maximum atomic E-state index is 6.08. The van der Waals surface area contributed by atoms with Gasteiger partial charge in [0, 0.05) is 31.7 Å². The van der Waals surface area contributed by atoms with Crippen LogP contribution in [0.5, 0.6) is 0 Å². The molecule has 0 aliphatic carbocycles. The van der Waals surface area contributed by atoms with Crippen LogP contribution in [0.1, 0.15) is 26.7 Å². The number of likely N-dealkylation sites (tertiary alicyclic amines) is 2. The summed E-state index contributed by atoms with van der Waals surface area (Å²) in [4.78, 5) is 5.12. The molecular weight excluding hydrogens is 198 g/mol. The first-order valence-corrected chi connectivity index (χ1v) is 6.69. The number of hydrogen-bond acceptors (Lipinski definition) is 3. The zero-order valence-electron chi connectivity index (χ0n) is 11.1. The van der Waals surface area contributed by atoms with Crippen molar-refractivity contribution < 1.29 is 0 Å². The topological polar surface area (TPSA) is 32.5 Å². The van der Waals surface area contributed by atoms with E-state index >= 15 is 0 Å². The Bertz CT molecular complexity index is 233. The lowest BCUT2D eigenvalue weighted by Gasteiger charge is -2.46. The van der Waals surface area contributed by atoms with Gasteiger partial charge < -0.3 is 10.6 Å². The molecule has 0 bridgehead atoms. The lowest BCUT2D eigenvalue weighted by atomic mass is 9.86. The number of rotatable bonds is 2. The number of hydrogen-bond donors (Lipinski definition) is 1. The van der Waals surface area contributed by atoms with E-state index in [9.17, 15) is 0 Å². The first kappa shape index (κ1) is 12.3. The zero-order chi connectivity index (χ0) is 11.8. The molecule has 2 rings (SSSR count). The Morgan fingerprint density at radius 3 is 2.31 bits per heavy atom. The number of piperidine rings is 1. The van der Waals surface area contributed by atoms with Crippen molar-refractivity contribution in [3.63, 3.8) is 0 Å². The highest BCUT2D eigenvalue weighted by Gasteiger charge is 2.42. The lowest BCUT2D eigenvalue weighted by Crippen LogP contribution is -2.59.